The van der Waals surface area contributed by atoms with Crippen molar-refractivity contribution in [2.24, 2.45) is 10.2 Å². The van der Waals surface area contributed by atoms with Gasteiger partial charge in [-0.3, -0.25) is 9.78 Å². The Hall–Kier alpha value is -2.28. The van der Waals surface area contributed by atoms with Crippen LogP contribution in [-0.4, -0.2) is 15.1 Å². The van der Waals surface area contributed by atoms with Gasteiger partial charge >= 0.3 is 0 Å². The molecule has 0 aliphatic carbocycles. The lowest BCUT2D eigenvalue weighted by molar-refractivity contribution is 0.451. The highest BCUT2D eigenvalue weighted by atomic mass is 32.1. The summed E-state index contributed by atoms with van der Waals surface area (Å²) in [4.78, 5) is 16.3. The summed E-state index contributed by atoms with van der Waals surface area (Å²) in [5.41, 5.74) is 1.89. The maximum atomic E-state index is 11.6. The molecule has 0 spiro atoms. The van der Waals surface area contributed by atoms with Gasteiger partial charge in [-0.25, -0.2) is 0 Å². The molecule has 0 bridgehead atoms. The zero-order valence-corrected chi connectivity index (χ0v) is 11.2. The summed E-state index contributed by atoms with van der Waals surface area (Å²) in [5.74, 6) is -0.400. The molecule has 0 aliphatic heterocycles. The van der Waals surface area contributed by atoms with E-state index in [0.717, 1.165) is 11.1 Å². The standard InChI is InChI=1S/C12H12N4O2S/c1-6-4-3-5-8(7(6)2)15-16-9-10(17)13-12(19)14-11(9)18/h3-5H,1-2H3,(H3,13,14,17,18,19). The Kier molecular flexibility index (Phi) is 3.57. The van der Waals surface area contributed by atoms with E-state index in [2.05, 4.69) is 20.2 Å². The fourth-order valence-corrected chi connectivity index (χ4v) is 1.70. The van der Waals surface area contributed by atoms with Crippen LogP contribution in [0.1, 0.15) is 11.1 Å². The van der Waals surface area contributed by atoms with Crippen LogP contribution in [0.5, 0.6) is 5.88 Å². The molecule has 0 radical (unpaired) electrons. The zero-order valence-electron chi connectivity index (χ0n) is 10.4. The Morgan fingerprint density at radius 1 is 1.21 bits per heavy atom. The smallest absolute Gasteiger partial charge is 0.283 e. The van der Waals surface area contributed by atoms with Gasteiger partial charge in [0.25, 0.3) is 5.56 Å². The molecular weight excluding hydrogens is 264 g/mol. The number of nitrogens with zero attached hydrogens (tertiary/aromatic N) is 2. The van der Waals surface area contributed by atoms with Crippen molar-refractivity contribution in [1.29, 1.82) is 0 Å². The number of rotatable bonds is 2. The first-order valence-electron chi connectivity index (χ1n) is 5.52. The molecule has 0 fully saturated rings. The SMILES string of the molecule is Cc1cccc(N=Nc2c(O)[nH]c(=S)[nH]c2=O)c1C. The molecular formula is C12H12N4O2S. The number of aromatic nitrogens is 2. The minimum absolute atomic E-state index is 0.0354. The summed E-state index contributed by atoms with van der Waals surface area (Å²) in [6.45, 7) is 3.87. The number of aryl methyl sites for hydroxylation is 1. The predicted molar refractivity (Wildman–Crippen MR) is 74.0 cm³/mol. The van der Waals surface area contributed by atoms with E-state index in [4.69, 9.17) is 12.2 Å². The quantitative estimate of drug-likeness (QED) is 0.581. The van der Waals surface area contributed by atoms with E-state index in [0.29, 0.717) is 5.69 Å². The first-order chi connectivity index (χ1) is 8.99. The van der Waals surface area contributed by atoms with Gasteiger partial charge in [0.05, 0.1) is 5.69 Å². The number of azo groups is 1. The second-order valence-corrected chi connectivity index (χ2v) is 4.43. The van der Waals surface area contributed by atoms with Crippen LogP contribution < -0.4 is 5.56 Å². The molecule has 1 heterocycles. The number of H-pyrrole nitrogens is 2. The molecule has 19 heavy (non-hydrogen) atoms. The van der Waals surface area contributed by atoms with E-state index < -0.39 is 11.4 Å². The van der Waals surface area contributed by atoms with Gasteiger partial charge in [0, 0.05) is 0 Å². The normalized spacial score (nSPS) is 11.1. The molecule has 7 heteroatoms. The maximum Gasteiger partial charge on any atom is 0.283 e. The van der Waals surface area contributed by atoms with Crippen molar-refractivity contribution in [3.8, 4) is 5.88 Å². The van der Waals surface area contributed by atoms with Crippen LogP contribution in [0.4, 0.5) is 11.4 Å². The van der Waals surface area contributed by atoms with Gasteiger partial charge in [0.1, 0.15) is 0 Å². The van der Waals surface area contributed by atoms with E-state index in [-0.39, 0.29) is 10.5 Å². The third kappa shape index (κ3) is 2.76. The maximum absolute atomic E-state index is 11.6. The Morgan fingerprint density at radius 2 is 1.95 bits per heavy atom. The molecule has 1 aromatic carbocycles. The minimum Gasteiger partial charge on any atom is -0.493 e. The highest BCUT2D eigenvalue weighted by Gasteiger charge is 2.06. The van der Waals surface area contributed by atoms with Crippen LogP contribution in [-0.2, 0) is 0 Å². The summed E-state index contributed by atoms with van der Waals surface area (Å²) in [5, 5.41) is 17.3. The average molecular weight is 276 g/mol. The lowest BCUT2D eigenvalue weighted by Crippen LogP contribution is -2.06. The Balaban J connectivity index is 2.47. The van der Waals surface area contributed by atoms with Crippen molar-refractivity contribution < 1.29 is 5.11 Å². The first-order valence-corrected chi connectivity index (χ1v) is 5.93. The molecule has 6 nitrogen and oxygen atoms in total. The van der Waals surface area contributed by atoms with Gasteiger partial charge in [-0.1, -0.05) is 12.1 Å². The van der Waals surface area contributed by atoms with E-state index in [9.17, 15) is 9.90 Å². The lowest BCUT2D eigenvalue weighted by atomic mass is 10.1. The summed E-state index contributed by atoms with van der Waals surface area (Å²) < 4.78 is 0.0354. The summed E-state index contributed by atoms with van der Waals surface area (Å²) in [7, 11) is 0. The molecule has 1 aromatic heterocycles. The van der Waals surface area contributed by atoms with Crippen LogP contribution in [0, 0.1) is 18.6 Å². The van der Waals surface area contributed by atoms with Gasteiger partial charge < -0.3 is 10.1 Å². The molecule has 0 aliphatic rings. The average Bonchev–Trinajstić information content (AvgIpc) is 2.33. The lowest BCUT2D eigenvalue weighted by Gasteiger charge is -2.02. The number of aromatic hydroxyl groups is 1. The number of benzene rings is 1. The van der Waals surface area contributed by atoms with Gasteiger partial charge in [-0.05, 0) is 43.3 Å². The largest absolute Gasteiger partial charge is 0.493 e. The third-order valence-electron chi connectivity index (χ3n) is 2.73. The topological polar surface area (TPSA) is 93.6 Å². The van der Waals surface area contributed by atoms with Gasteiger partial charge in [0.15, 0.2) is 4.77 Å². The molecule has 0 saturated carbocycles. The molecule has 2 aromatic rings. The van der Waals surface area contributed by atoms with Crippen LogP contribution in [0.3, 0.4) is 0 Å². The van der Waals surface area contributed by atoms with Crippen LogP contribution in [0.25, 0.3) is 0 Å². The first kappa shape index (κ1) is 13.2. The summed E-state index contributed by atoms with van der Waals surface area (Å²) in [6, 6.07) is 5.58. The Labute approximate surface area is 113 Å². The Bertz CT molecular complexity index is 761. The fourth-order valence-electron chi connectivity index (χ4n) is 1.51. The Morgan fingerprint density at radius 3 is 2.63 bits per heavy atom. The minimum atomic E-state index is -0.588. The van der Waals surface area contributed by atoms with Gasteiger partial charge in [0.2, 0.25) is 11.6 Å². The summed E-state index contributed by atoms with van der Waals surface area (Å²) >= 11 is 4.72. The second-order valence-electron chi connectivity index (χ2n) is 4.02. The van der Waals surface area contributed by atoms with Crippen molar-refractivity contribution in [1.82, 2.24) is 9.97 Å². The molecule has 0 atom stereocenters. The summed E-state index contributed by atoms with van der Waals surface area (Å²) in [6.07, 6.45) is 0. The number of hydrogen-bond acceptors (Lipinski definition) is 5. The van der Waals surface area contributed by atoms with Gasteiger partial charge in [-0.2, -0.15) is 0 Å². The van der Waals surface area contributed by atoms with E-state index in [1.54, 1.807) is 6.07 Å². The predicted octanol–water partition coefficient (Wildman–Crippen LogP) is 3.17. The monoisotopic (exact) mass is 276 g/mol. The van der Waals surface area contributed by atoms with E-state index in [1.165, 1.54) is 0 Å². The van der Waals surface area contributed by atoms with Crippen LogP contribution >= 0.6 is 12.2 Å². The molecule has 0 amide bonds. The van der Waals surface area contributed by atoms with Crippen LogP contribution in [0.2, 0.25) is 0 Å². The van der Waals surface area contributed by atoms with Crippen molar-refractivity contribution >= 4 is 23.6 Å². The highest BCUT2D eigenvalue weighted by molar-refractivity contribution is 7.71. The second kappa shape index (κ2) is 5.15. The number of nitrogens with one attached hydrogen (secondary N) is 2. The molecule has 0 unspecified atom stereocenters. The molecule has 0 saturated heterocycles. The number of hydrogen-bond donors (Lipinski definition) is 3. The third-order valence-corrected chi connectivity index (χ3v) is 2.94. The van der Waals surface area contributed by atoms with Crippen molar-refractivity contribution in [3.63, 3.8) is 0 Å². The van der Waals surface area contributed by atoms with Crippen molar-refractivity contribution in [3.05, 3.63) is 44.5 Å². The fraction of sp³-hybridized carbons (Fsp3) is 0.167. The number of aromatic amines is 2. The highest BCUT2D eigenvalue weighted by Crippen LogP contribution is 2.25. The van der Waals surface area contributed by atoms with E-state index in [1.807, 2.05) is 26.0 Å². The van der Waals surface area contributed by atoms with Crippen LogP contribution in [0.15, 0.2) is 33.2 Å². The van der Waals surface area contributed by atoms with Crippen molar-refractivity contribution in [2.45, 2.75) is 13.8 Å². The molecule has 98 valence electrons. The molecule has 2 rings (SSSR count). The zero-order chi connectivity index (χ0) is 14.0. The van der Waals surface area contributed by atoms with Gasteiger partial charge in [-0.15, -0.1) is 10.2 Å². The van der Waals surface area contributed by atoms with E-state index >= 15 is 0 Å². The molecule has 3 N–H and O–H groups in total. The van der Waals surface area contributed by atoms with Crippen molar-refractivity contribution in [2.75, 3.05) is 0 Å².